The number of hydrogen-bond donors (Lipinski definition) is 1. The van der Waals surface area contributed by atoms with Crippen LogP contribution in [0.25, 0.3) is 0 Å². The fourth-order valence-corrected chi connectivity index (χ4v) is 2.23. The van der Waals surface area contributed by atoms with Crippen LogP contribution in [0.5, 0.6) is 0 Å². The van der Waals surface area contributed by atoms with Crippen molar-refractivity contribution in [2.75, 3.05) is 6.54 Å². The molecule has 0 unspecified atom stereocenters. The first kappa shape index (κ1) is 13.2. The zero-order chi connectivity index (χ0) is 13.0. The lowest BCUT2D eigenvalue weighted by atomic mass is 10.1. The van der Waals surface area contributed by atoms with Crippen molar-refractivity contribution in [2.45, 2.75) is 26.9 Å². The first-order valence-electron chi connectivity index (χ1n) is 6.29. The average molecular weight is 263 g/mol. The Kier molecular flexibility index (Phi) is 4.45. The summed E-state index contributed by atoms with van der Waals surface area (Å²) in [6.45, 7) is 6.91. The number of hydrogen-bond acceptors (Lipinski definition) is 1. The number of aryl methyl sites for hydroxylation is 1. The third kappa shape index (κ3) is 3.37. The van der Waals surface area contributed by atoms with Gasteiger partial charge in [-0.05, 0) is 42.3 Å². The lowest BCUT2D eigenvalue weighted by Gasteiger charge is -2.06. The maximum Gasteiger partial charge on any atom is 0.0485 e. The van der Waals surface area contributed by atoms with Crippen molar-refractivity contribution < 1.29 is 0 Å². The smallest absolute Gasteiger partial charge is 0.0485 e. The number of nitrogens with zero attached hydrogens (tertiary/aromatic N) is 1. The minimum absolute atomic E-state index is 0.825. The molecule has 0 bridgehead atoms. The van der Waals surface area contributed by atoms with E-state index in [4.69, 9.17) is 11.6 Å². The van der Waals surface area contributed by atoms with Gasteiger partial charge in [0.1, 0.15) is 0 Å². The first-order chi connectivity index (χ1) is 8.69. The lowest BCUT2D eigenvalue weighted by molar-refractivity contribution is 0.721. The summed E-state index contributed by atoms with van der Waals surface area (Å²) in [4.78, 5) is 0. The molecule has 0 saturated carbocycles. The molecule has 18 heavy (non-hydrogen) atoms. The van der Waals surface area contributed by atoms with Crippen molar-refractivity contribution >= 4 is 11.6 Å². The lowest BCUT2D eigenvalue weighted by Crippen LogP contribution is -2.11. The Morgan fingerprint density at radius 1 is 1.28 bits per heavy atom. The maximum atomic E-state index is 6.24. The van der Waals surface area contributed by atoms with Gasteiger partial charge in [-0.3, -0.25) is 0 Å². The Labute approximate surface area is 114 Å². The van der Waals surface area contributed by atoms with Crippen molar-refractivity contribution in [3.05, 3.63) is 58.4 Å². The SMILES string of the molecule is CCNCc1ccn(Cc2ccc(C)cc2Cl)c1. The van der Waals surface area contributed by atoms with Gasteiger partial charge >= 0.3 is 0 Å². The second-order valence-electron chi connectivity index (χ2n) is 4.57. The molecule has 0 aliphatic rings. The Balaban J connectivity index is 2.06. The molecule has 0 atom stereocenters. The molecule has 2 nitrogen and oxygen atoms in total. The molecule has 0 saturated heterocycles. The summed E-state index contributed by atoms with van der Waals surface area (Å²) in [7, 11) is 0. The summed E-state index contributed by atoms with van der Waals surface area (Å²) < 4.78 is 2.17. The molecular formula is C15H19ClN2. The largest absolute Gasteiger partial charge is 0.350 e. The van der Waals surface area contributed by atoms with Gasteiger partial charge in [-0.2, -0.15) is 0 Å². The van der Waals surface area contributed by atoms with Gasteiger partial charge in [0.05, 0.1) is 0 Å². The van der Waals surface area contributed by atoms with Crippen molar-refractivity contribution in [2.24, 2.45) is 0 Å². The zero-order valence-electron chi connectivity index (χ0n) is 10.9. The number of benzene rings is 1. The van der Waals surface area contributed by atoms with Gasteiger partial charge < -0.3 is 9.88 Å². The van der Waals surface area contributed by atoms with Crippen LogP contribution in [-0.4, -0.2) is 11.1 Å². The monoisotopic (exact) mass is 262 g/mol. The molecule has 2 aromatic rings. The molecule has 0 spiro atoms. The van der Waals surface area contributed by atoms with E-state index in [1.807, 2.05) is 6.07 Å². The van der Waals surface area contributed by atoms with Crippen LogP contribution in [0.2, 0.25) is 5.02 Å². The van der Waals surface area contributed by atoms with Crippen LogP contribution in [0.15, 0.2) is 36.7 Å². The number of nitrogens with one attached hydrogen (secondary N) is 1. The minimum atomic E-state index is 0.825. The van der Waals surface area contributed by atoms with Crippen LogP contribution in [0, 0.1) is 6.92 Å². The van der Waals surface area contributed by atoms with E-state index in [0.29, 0.717) is 0 Å². The van der Waals surface area contributed by atoms with Gasteiger partial charge in [0.15, 0.2) is 0 Å². The molecule has 1 N–H and O–H groups in total. The first-order valence-corrected chi connectivity index (χ1v) is 6.67. The quantitative estimate of drug-likeness (QED) is 0.871. The molecule has 0 radical (unpaired) electrons. The molecule has 1 heterocycles. The van der Waals surface area contributed by atoms with Crippen molar-refractivity contribution in [3.63, 3.8) is 0 Å². The van der Waals surface area contributed by atoms with Crippen LogP contribution in [0.4, 0.5) is 0 Å². The Bertz CT molecular complexity index is 517. The van der Waals surface area contributed by atoms with Crippen LogP contribution in [-0.2, 0) is 13.1 Å². The highest BCUT2D eigenvalue weighted by Crippen LogP contribution is 2.19. The second-order valence-corrected chi connectivity index (χ2v) is 4.97. The fraction of sp³-hybridized carbons (Fsp3) is 0.333. The van der Waals surface area contributed by atoms with Crippen molar-refractivity contribution in [3.8, 4) is 0 Å². The zero-order valence-corrected chi connectivity index (χ0v) is 11.7. The molecule has 0 amide bonds. The average Bonchev–Trinajstić information content (AvgIpc) is 2.78. The number of rotatable bonds is 5. The van der Waals surface area contributed by atoms with Crippen LogP contribution in [0.3, 0.4) is 0 Å². The normalized spacial score (nSPS) is 10.8. The van der Waals surface area contributed by atoms with E-state index < -0.39 is 0 Å². The summed E-state index contributed by atoms with van der Waals surface area (Å²) in [6.07, 6.45) is 4.27. The highest BCUT2D eigenvalue weighted by atomic mass is 35.5. The summed E-state index contributed by atoms with van der Waals surface area (Å²) in [5, 5.41) is 4.17. The Morgan fingerprint density at radius 3 is 2.83 bits per heavy atom. The summed E-state index contributed by atoms with van der Waals surface area (Å²) in [6, 6.07) is 8.36. The van der Waals surface area contributed by atoms with Crippen LogP contribution in [0.1, 0.15) is 23.6 Å². The predicted octanol–water partition coefficient (Wildman–Crippen LogP) is 3.61. The molecule has 3 heteroatoms. The van der Waals surface area contributed by atoms with E-state index in [1.165, 1.54) is 11.1 Å². The number of halogens is 1. The summed E-state index contributed by atoms with van der Waals surface area (Å²) in [5.41, 5.74) is 3.66. The Morgan fingerprint density at radius 2 is 2.11 bits per heavy atom. The summed E-state index contributed by atoms with van der Waals surface area (Å²) >= 11 is 6.24. The second kappa shape index (κ2) is 6.07. The molecular weight excluding hydrogens is 244 g/mol. The van der Waals surface area contributed by atoms with Gasteiger partial charge in [-0.15, -0.1) is 0 Å². The van der Waals surface area contributed by atoms with Gasteiger partial charge in [-0.25, -0.2) is 0 Å². The van der Waals surface area contributed by atoms with Crippen molar-refractivity contribution in [1.29, 1.82) is 0 Å². The van der Waals surface area contributed by atoms with Gasteiger partial charge in [0, 0.05) is 30.5 Å². The molecule has 2 rings (SSSR count). The molecule has 0 fully saturated rings. The summed E-state index contributed by atoms with van der Waals surface area (Å²) in [5.74, 6) is 0. The van der Waals surface area contributed by atoms with Gasteiger partial charge in [0.25, 0.3) is 0 Å². The third-order valence-electron chi connectivity index (χ3n) is 2.95. The fourth-order valence-electron chi connectivity index (χ4n) is 1.94. The maximum absolute atomic E-state index is 6.24. The van der Waals surface area contributed by atoms with Crippen LogP contribution < -0.4 is 5.32 Å². The highest BCUT2D eigenvalue weighted by Gasteiger charge is 2.02. The van der Waals surface area contributed by atoms with E-state index >= 15 is 0 Å². The predicted molar refractivity (Wildman–Crippen MR) is 77.1 cm³/mol. The Hall–Kier alpha value is -1.25. The standard InChI is InChI=1S/C15H19ClN2/c1-3-17-9-13-6-7-18(10-13)11-14-5-4-12(2)8-15(14)16/h4-8,10,17H,3,9,11H2,1-2H3. The van der Waals surface area contributed by atoms with E-state index in [-0.39, 0.29) is 0 Å². The van der Waals surface area contributed by atoms with E-state index in [0.717, 1.165) is 30.2 Å². The van der Waals surface area contributed by atoms with Crippen LogP contribution >= 0.6 is 11.6 Å². The highest BCUT2D eigenvalue weighted by molar-refractivity contribution is 6.31. The van der Waals surface area contributed by atoms with Crippen molar-refractivity contribution in [1.82, 2.24) is 9.88 Å². The molecule has 1 aromatic carbocycles. The molecule has 96 valence electrons. The minimum Gasteiger partial charge on any atom is -0.350 e. The van der Waals surface area contributed by atoms with E-state index in [2.05, 4.69) is 54.3 Å². The van der Waals surface area contributed by atoms with E-state index in [9.17, 15) is 0 Å². The molecule has 0 aliphatic carbocycles. The topological polar surface area (TPSA) is 17.0 Å². The van der Waals surface area contributed by atoms with E-state index in [1.54, 1.807) is 0 Å². The number of aromatic nitrogens is 1. The molecule has 0 aliphatic heterocycles. The van der Waals surface area contributed by atoms with Gasteiger partial charge in [-0.1, -0.05) is 30.7 Å². The molecule has 1 aromatic heterocycles. The third-order valence-corrected chi connectivity index (χ3v) is 3.30. The van der Waals surface area contributed by atoms with Gasteiger partial charge in [0.2, 0.25) is 0 Å².